The smallest absolute Gasteiger partial charge is 0.241 e. The maximum Gasteiger partial charge on any atom is 0.241 e. The molecule has 0 fully saturated rings. The average molecular weight is 233 g/mol. The van der Waals surface area contributed by atoms with Crippen molar-refractivity contribution in [1.29, 1.82) is 0 Å². The van der Waals surface area contributed by atoms with Gasteiger partial charge in [0.05, 0.1) is 12.8 Å². The Bertz CT molecular complexity index is 411. The largest absolute Gasteiger partial charge is 0.338 e. The highest BCUT2D eigenvalue weighted by Crippen LogP contribution is 2.04. The SMILES string of the molecule is CC(C)Cc1noc(CNS(C)(=O)=O)n1. The molecule has 1 aromatic heterocycles. The number of aromatic nitrogens is 2. The van der Waals surface area contributed by atoms with E-state index < -0.39 is 10.0 Å². The average Bonchev–Trinajstić information content (AvgIpc) is 2.46. The van der Waals surface area contributed by atoms with Crippen molar-refractivity contribution in [2.75, 3.05) is 6.26 Å². The fourth-order valence-corrected chi connectivity index (χ4v) is 1.39. The van der Waals surface area contributed by atoms with Gasteiger partial charge in [-0.05, 0) is 5.92 Å². The minimum atomic E-state index is -3.21. The lowest BCUT2D eigenvalue weighted by Gasteiger charge is -1.97. The maximum absolute atomic E-state index is 10.8. The van der Waals surface area contributed by atoms with E-state index in [2.05, 4.69) is 14.9 Å². The van der Waals surface area contributed by atoms with Gasteiger partial charge < -0.3 is 4.52 Å². The van der Waals surface area contributed by atoms with E-state index in [0.29, 0.717) is 11.7 Å². The molecular formula is C8H15N3O3S. The van der Waals surface area contributed by atoms with Gasteiger partial charge in [-0.1, -0.05) is 19.0 Å². The topological polar surface area (TPSA) is 85.1 Å². The minimum absolute atomic E-state index is 0.0456. The Kier molecular flexibility index (Phi) is 3.81. The molecule has 15 heavy (non-hydrogen) atoms. The van der Waals surface area contributed by atoms with E-state index >= 15 is 0 Å². The first kappa shape index (κ1) is 12.1. The second kappa shape index (κ2) is 4.71. The van der Waals surface area contributed by atoms with E-state index in [0.717, 1.165) is 12.7 Å². The molecule has 0 atom stereocenters. The molecule has 1 heterocycles. The standard InChI is InChI=1S/C8H15N3O3S/c1-6(2)4-7-10-8(14-11-7)5-9-15(3,12)13/h6,9H,4-5H2,1-3H3. The minimum Gasteiger partial charge on any atom is -0.338 e. The second-order valence-corrected chi connectivity index (χ2v) is 5.63. The first-order chi connectivity index (χ1) is 6.87. The summed E-state index contributed by atoms with van der Waals surface area (Å²) < 4.78 is 28.7. The Morgan fingerprint density at radius 3 is 2.67 bits per heavy atom. The van der Waals surface area contributed by atoms with E-state index in [-0.39, 0.29) is 12.4 Å². The fourth-order valence-electron chi connectivity index (χ4n) is 1.00. The zero-order chi connectivity index (χ0) is 11.5. The van der Waals surface area contributed by atoms with Crippen molar-refractivity contribution < 1.29 is 12.9 Å². The summed E-state index contributed by atoms with van der Waals surface area (Å²) in [4.78, 5) is 4.05. The van der Waals surface area contributed by atoms with Gasteiger partial charge in [0.2, 0.25) is 15.9 Å². The predicted octanol–water partition coefficient (Wildman–Crippen LogP) is 0.317. The molecule has 0 aliphatic carbocycles. The van der Waals surface area contributed by atoms with Gasteiger partial charge in [-0.2, -0.15) is 4.98 Å². The molecule has 0 saturated heterocycles. The van der Waals surface area contributed by atoms with Crippen LogP contribution in [0.2, 0.25) is 0 Å². The lowest BCUT2D eigenvalue weighted by atomic mass is 10.1. The summed E-state index contributed by atoms with van der Waals surface area (Å²) in [6.45, 7) is 4.14. The molecule has 7 heteroatoms. The van der Waals surface area contributed by atoms with Crippen LogP contribution < -0.4 is 4.72 Å². The van der Waals surface area contributed by atoms with Crippen LogP contribution in [0.25, 0.3) is 0 Å². The van der Waals surface area contributed by atoms with Crippen molar-refractivity contribution >= 4 is 10.0 Å². The highest BCUT2D eigenvalue weighted by Gasteiger charge is 2.09. The molecular weight excluding hydrogens is 218 g/mol. The molecule has 0 spiro atoms. The summed E-state index contributed by atoms with van der Waals surface area (Å²) in [7, 11) is -3.21. The summed E-state index contributed by atoms with van der Waals surface area (Å²) in [5.74, 6) is 1.34. The summed E-state index contributed by atoms with van der Waals surface area (Å²) in [6, 6.07) is 0. The van der Waals surface area contributed by atoms with Crippen LogP contribution in [0.5, 0.6) is 0 Å². The third-order valence-corrected chi connectivity index (χ3v) is 2.26. The summed E-state index contributed by atoms with van der Waals surface area (Å²) in [5.41, 5.74) is 0. The van der Waals surface area contributed by atoms with Gasteiger partial charge in [0, 0.05) is 6.42 Å². The van der Waals surface area contributed by atoms with Crippen molar-refractivity contribution in [2.45, 2.75) is 26.8 Å². The Balaban J connectivity index is 2.53. The zero-order valence-electron chi connectivity index (χ0n) is 9.02. The highest BCUT2D eigenvalue weighted by molar-refractivity contribution is 7.88. The molecule has 0 amide bonds. The van der Waals surface area contributed by atoms with Crippen molar-refractivity contribution in [2.24, 2.45) is 5.92 Å². The van der Waals surface area contributed by atoms with Crippen LogP contribution >= 0.6 is 0 Å². The van der Waals surface area contributed by atoms with Crippen LogP contribution in [0.3, 0.4) is 0 Å². The van der Waals surface area contributed by atoms with E-state index in [1.165, 1.54) is 0 Å². The quantitative estimate of drug-likeness (QED) is 0.791. The number of hydrogen-bond acceptors (Lipinski definition) is 5. The molecule has 0 radical (unpaired) electrons. The van der Waals surface area contributed by atoms with Gasteiger partial charge >= 0.3 is 0 Å². The Labute approximate surface area is 89.1 Å². The monoisotopic (exact) mass is 233 g/mol. The highest BCUT2D eigenvalue weighted by atomic mass is 32.2. The van der Waals surface area contributed by atoms with Crippen molar-refractivity contribution in [3.8, 4) is 0 Å². The molecule has 1 rings (SSSR count). The summed E-state index contributed by atoms with van der Waals surface area (Å²) in [5, 5.41) is 3.74. The van der Waals surface area contributed by atoms with Gasteiger partial charge in [-0.25, -0.2) is 13.1 Å². The predicted molar refractivity (Wildman–Crippen MR) is 54.5 cm³/mol. The first-order valence-corrected chi connectivity index (χ1v) is 6.52. The Morgan fingerprint density at radius 2 is 2.13 bits per heavy atom. The lowest BCUT2D eigenvalue weighted by Crippen LogP contribution is -2.21. The van der Waals surface area contributed by atoms with Crippen LogP contribution in [0.15, 0.2) is 4.52 Å². The van der Waals surface area contributed by atoms with E-state index in [4.69, 9.17) is 4.52 Å². The van der Waals surface area contributed by atoms with E-state index in [1.54, 1.807) is 0 Å². The molecule has 0 bridgehead atoms. The number of hydrogen-bond donors (Lipinski definition) is 1. The van der Waals surface area contributed by atoms with Gasteiger partial charge in [0.1, 0.15) is 0 Å². The molecule has 0 aliphatic heterocycles. The number of nitrogens with zero attached hydrogens (tertiary/aromatic N) is 2. The number of sulfonamides is 1. The molecule has 6 nitrogen and oxygen atoms in total. The first-order valence-electron chi connectivity index (χ1n) is 4.63. The van der Waals surface area contributed by atoms with Crippen LogP contribution in [0.1, 0.15) is 25.6 Å². The lowest BCUT2D eigenvalue weighted by molar-refractivity contribution is 0.368. The molecule has 0 unspecified atom stereocenters. The molecule has 1 N–H and O–H groups in total. The maximum atomic E-state index is 10.8. The zero-order valence-corrected chi connectivity index (χ0v) is 9.84. The Morgan fingerprint density at radius 1 is 1.47 bits per heavy atom. The molecule has 0 aromatic carbocycles. The summed E-state index contributed by atoms with van der Waals surface area (Å²) >= 11 is 0. The molecule has 86 valence electrons. The molecule has 0 aliphatic rings. The normalized spacial score (nSPS) is 12.3. The fraction of sp³-hybridized carbons (Fsp3) is 0.750. The van der Waals surface area contributed by atoms with Gasteiger partial charge in [0.25, 0.3) is 0 Å². The van der Waals surface area contributed by atoms with Gasteiger partial charge in [-0.15, -0.1) is 0 Å². The third kappa shape index (κ3) is 4.89. The van der Waals surface area contributed by atoms with E-state index in [9.17, 15) is 8.42 Å². The number of rotatable bonds is 5. The van der Waals surface area contributed by atoms with Crippen molar-refractivity contribution in [3.63, 3.8) is 0 Å². The number of nitrogens with one attached hydrogen (secondary N) is 1. The van der Waals surface area contributed by atoms with Crippen LogP contribution in [0.4, 0.5) is 0 Å². The van der Waals surface area contributed by atoms with Crippen molar-refractivity contribution in [1.82, 2.24) is 14.9 Å². The van der Waals surface area contributed by atoms with Crippen molar-refractivity contribution in [3.05, 3.63) is 11.7 Å². The van der Waals surface area contributed by atoms with E-state index in [1.807, 2.05) is 13.8 Å². The van der Waals surface area contributed by atoms with Gasteiger partial charge in [0.15, 0.2) is 5.82 Å². The van der Waals surface area contributed by atoms with Crippen LogP contribution in [-0.2, 0) is 23.0 Å². The second-order valence-electron chi connectivity index (χ2n) is 3.80. The Hall–Kier alpha value is -0.950. The van der Waals surface area contributed by atoms with Crippen LogP contribution in [0, 0.1) is 5.92 Å². The molecule has 0 saturated carbocycles. The summed E-state index contributed by atoms with van der Waals surface area (Å²) in [6.07, 6.45) is 1.81. The van der Waals surface area contributed by atoms with Gasteiger partial charge in [-0.3, -0.25) is 0 Å². The van der Waals surface area contributed by atoms with Crippen LogP contribution in [-0.4, -0.2) is 24.8 Å². The molecule has 1 aromatic rings. The third-order valence-electron chi connectivity index (χ3n) is 1.59.